The highest BCUT2D eigenvalue weighted by Gasteiger charge is 2.12. The van der Waals surface area contributed by atoms with E-state index in [9.17, 15) is 8.78 Å². The summed E-state index contributed by atoms with van der Waals surface area (Å²) in [6.45, 7) is 4.23. The highest BCUT2D eigenvalue weighted by atomic mass is 35.5. The standard InChI is InChI=1S/C10H15F2NSi.ClH/c1-14(2)10(13)5-7-3-4-8(11)6-9(7)12;/h3-4,6,10,14H,5,13H2,1-2H3;1H. The van der Waals surface area contributed by atoms with Gasteiger partial charge in [-0.25, -0.2) is 8.78 Å². The van der Waals surface area contributed by atoms with Crippen molar-refractivity contribution in [3.8, 4) is 0 Å². The summed E-state index contributed by atoms with van der Waals surface area (Å²) in [4.78, 5) is 0. The molecule has 0 spiro atoms. The van der Waals surface area contributed by atoms with E-state index in [4.69, 9.17) is 5.73 Å². The van der Waals surface area contributed by atoms with Crippen molar-refractivity contribution in [1.29, 1.82) is 0 Å². The summed E-state index contributed by atoms with van der Waals surface area (Å²) in [7, 11) is -0.950. The lowest BCUT2D eigenvalue weighted by atomic mass is 10.1. The molecule has 0 amide bonds. The maximum atomic E-state index is 13.2. The summed E-state index contributed by atoms with van der Waals surface area (Å²) in [6.07, 6.45) is 0.510. The van der Waals surface area contributed by atoms with Crippen LogP contribution >= 0.6 is 12.4 Å². The monoisotopic (exact) mass is 251 g/mol. The molecule has 15 heavy (non-hydrogen) atoms. The van der Waals surface area contributed by atoms with Gasteiger partial charge in [-0.15, -0.1) is 12.4 Å². The quantitative estimate of drug-likeness (QED) is 0.820. The van der Waals surface area contributed by atoms with E-state index in [-0.39, 0.29) is 18.1 Å². The van der Waals surface area contributed by atoms with Crippen LogP contribution in [0.3, 0.4) is 0 Å². The van der Waals surface area contributed by atoms with E-state index in [0.717, 1.165) is 6.07 Å². The van der Waals surface area contributed by atoms with Crippen LogP contribution < -0.4 is 5.73 Å². The molecule has 0 aliphatic heterocycles. The summed E-state index contributed by atoms with van der Waals surface area (Å²) < 4.78 is 25.8. The van der Waals surface area contributed by atoms with E-state index in [2.05, 4.69) is 13.1 Å². The first kappa shape index (κ1) is 14.5. The van der Waals surface area contributed by atoms with Crippen LogP contribution in [0.5, 0.6) is 0 Å². The SMILES string of the molecule is C[SiH](C)C(N)Cc1ccc(F)cc1F.Cl. The maximum absolute atomic E-state index is 13.2. The molecule has 1 unspecified atom stereocenters. The van der Waals surface area contributed by atoms with Crippen LogP contribution in [0.4, 0.5) is 8.78 Å². The maximum Gasteiger partial charge on any atom is 0.129 e. The zero-order chi connectivity index (χ0) is 10.7. The molecule has 0 aromatic heterocycles. The molecule has 1 aromatic rings. The van der Waals surface area contributed by atoms with E-state index in [1.165, 1.54) is 12.1 Å². The molecule has 5 heteroatoms. The Morgan fingerprint density at radius 1 is 1.33 bits per heavy atom. The average Bonchev–Trinajstić information content (AvgIpc) is 2.09. The Kier molecular flexibility index (Phi) is 6.01. The van der Waals surface area contributed by atoms with Crippen molar-refractivity contribution >= 4 is 21.2 Å². The molecule has 0 aliphatic rings. The van der Waals surface area contributed by atoms with Gasteiger partial charge in [-0.05, 0) is 23.7 Å². The predicted octanol–water partition coefficient (Wildman–Crippen LogP) is 2.28. The summed E-state index contributed by atoms with van der Waals surface area (Å²) in [5, 5.41) is 0. The van der Waals surface area contributed by atoms with Gasteiger partial charge in [-0.3, -0.25) is 0 Å². The molecule has 0 fully saturated rings. The minimum atomic E-state index is -0.950. The van der Waals surface area contributed by atoms with Crippen LogP contribution in [0, 0.1) is 11.6 Å². The lowest BCUT2D eigenvalue weighted by molar-refractivity contribution is 0.570. The van der Waals surface area contributed by atoms with Crippen LogP contribution in [-0.4, -0.2) is 14.5 Å². The smallest absolute Gasteiger partial charge is 0.129 e. The van der Waals surface area contributed by atoms with Gasteiger partial charge in [0.2, 0.25) is 0 Å². The fourth-order valence-corrected chi connectivity index (χ4v) is 1.90. The fraction of sp³-hybridized carbons (Fsp3) is 0.400. The van der Waals surface area contributed by atoms with Gasteiger partial charge in [0.05, 0.1) is 8.80 Å². The van der Waals surface area contributed by atoms with Crippen molar-refractivity contribution < 1.29 is 8.78 Å². The van der Waals surface area contributed by atoms with Gasteiger partial charge in [0, 0.05) is 6.07 Å². The molecule has 2 N–H and O–H groups in total. The van der Waals surface area contributed by atoms with Gasteiger partial charge in [-0.1, -0.05) is 19.2 Å². The Labute approximate surface area is 96.7 Å². The number of halogens is 3. The Bertz CT molecular complexity index is 320. The highest BCUT2D eigenvalue weighted by molar-refractivity contribution is 6.57. The van der Waals surface area contributed by atoms with E-state index >= 15 is 0 Å². The topological polar surface area (TPSA) is 26.0 Å². The Morgan fingerprint density at radius 3 is 2.40 bits per heavy atom. The van der Waals surface area contributed by atoms with Crippen molar-refractivity contribution in [3.63, 3.8) is 0 Å². The van der Waals surface area contributed by atoms with Gasteiger partial charge in [0.25, 0.3) is 0 Å². The van der Waals surface area contributed by atoms with E-state index < -0.39 is 20.4 Å². The van der Waals surface area contributed by atoms with Crippen molar-refractivity contribution in [2.75, 3.05) is 0 Å². The summed E-state index contributed by atoms with van der Waals surface area (Å²) in [6, 6.07) is 3.65. The van der Waals surface area contributed by atoms with E-state index in [0.29, 0.717) is 12.0 Å². The van der Waals surface area contributed by atoms with Gasteiger partial charge in [0.15, 0.2) is 0 Å². The second kappa shape index (κ2) is 6.20. The number of nitrogens with two attached hydrogens (primary N) is 1. The Hall–Kier alpha value is -0.453. The number of benzene rings is 1. The largest absolute Gasteiger partial charge is 0.330 e. The Morgan fingerprint density at radius 2 is 1.93 bits per heavy atom. The molecular formula is C10H16ClF2NSi. The molecule has 0 saturated heterocycles. The van der Waals surface area contributed by atoms with Crippen molar-refractivity contribution in [1.82, 2.24) is 0 Å². The summed E-state index contributed by atoms with van der Waals surface area (Å²) in [5.74, 6) is -1.03. The fourth-order valence-electron chi connectivity index (χ4n) is 1.18. The second-order valence-electron chi connectivity index (χ2n) is 3.85. The highest BCUT2D eigenvalue weighted by Crippen LogP contribution is 2.11. The molecular weight excluding hydrogens is 236 g/mol. The second-order valence-corrected chi connectivity index (χ2v) is 7.19. The summed E-state index contributed by atoms with van der Waals surface area (Å²) in [5.41, 5.74) is 6.42. The number of hydrogen-bond acceptors (Lipinski definition) is 1. The van der Waals surface area contributed by atoms with Crippen LogP contribution in [-0.2, 0) is 6.42 Å². The van der Waals surface area contributed by atoms with E-state index in [1.807, 2.05) is 0 Å². The molecule has 1 nitrogen and oxygen atoms in total. The van der Waals surface area contributed by atoms with Gasteiger partial charge in [-0.2, -0.15) is 0 Å². The third kappa shape index (κ3) is 4.28. The molecule has 1 aromatic carbocycles. The first-order chi connectivity index (χ1) is 6.50. The van der Waals surface area contributed by atoms with Crippen LogP contribution in [0.1, 0.15) is 5.56 Å². The zero-order valence-corrected chi connectivity index (χ0v) is 10.8. The Balaban J connectivity index is 0.00000196. The van der Waals surface area contributed by atoms with Gasteiger partial charge in [0.1, 0.15) is 11.6 Å². The zero-order valence-electron chi connectivity index (χ0n) is 8.84. The first-order valence-electron chi connectivity index (χ1n) is 4.70. The number of rotatable bonds is 3. The molecule has 0 saturated carbocycles. The van der Waals surface area contributed by atoms with Crippen LogP contribution in [0.25, 0.3) is 0 Å². The summed E-state index contributed by atoms with van der Waals surface area (Å²) >= 11 is 0. The molecule has 1 rings (SSSR count). The van der Waals surface area contributed by atoms with Crippen LogP contribution in [0.15, 0.2) is 18.2 Å². The van der Waals surface area contributed by atoms with Crippen LogP contribution in [0.2, 0.25) is 13.1 Å². The molecule has 0 radical (unpaired) electrons. The van der Waals surface area contributed by atoms with Gasteiger partial charge >= 0.3 is 0 Å². The minimum absolute atomic E-state index is 0. The van der Waals surface area contributed by atoms with Crippen molar-refractivity contribution in [2.24, 2.45) is 5.73 Å². The normalized spacial score (nSPS) is 12.4. The minimum Gasteiger partial charge on any atom is -0.330 e. The lowest BCUT2D eigenvalue weighted by Crippen LogP contribution is -2.36. The molecule has 0 bridgehead atoms. The molecule has 0 heterocycles. The molecule has 86 valence electrons. The first-order valence-corrected chi connectivity index (χ1v) is 7.68. The van der Waals surface area contributed by atoms with E-state index in [1.54, 1.807) is 0 Å². The third-order valence-electron chi connectivity index (χ3n) is 2.33. The lowest BCUT2D eigenvalue weighted by Gasteiger charge is -2.14. The van der Waals surface area contributed by atoms with Gasteiger partial charge < -0.3 is 5.73 Å². The third-order valence-corrected chi connectivity index (χ3v) is 4.28. The average molecular weight is 252 g/mol. The number of hydrogen-bond donors (Lipinski definition) is 1. The molecule has 1 atom stereocenters. The predicted molar refractivity (Wildman–Crippen MR) is 64.2 cm³/mol. The molecule has 0 aliphatic carbocycles. The van der Waals surface area contributed by atoms with Crippen molar-refractivity contribution in [3.05, 3.63) is 35.4 Å². The van der Waals surface area contributed by atoms with Crippen molar-refractivity contribution in [2.45, 2.75) is 25.2 Å².